The van der Waals surface area contributed by atoms with Gasteiger partial charge in [-0.05, 0) is 50.2 Å². The first-order valence-electron chi connectivity index (χ1n) is 7.22. The van der Waals surface area contributed by atoms with Gasteiger partial charge in [-0.15, -0.1) is 0 Å². The van der Waals surface area contributed by atoms with Crippen molar-refractivity contribution in [3.8, 4) is 5.75 Å². The van der Waals surface area contributed by atoms with Crippen LogP contribution in [-0.2, 0) is 0 Å². The Morgan fingerprint density at radius 2 is 1.90 bits per heavy atom. The van der Waals surface area contributed by atoms with Crippen molar-refractivity contribution < 1.29 is 4.74 Å². The standard InChI is InChI=1S/C17H19N3O/c1-3-19-17-13-7-5-11(18)9-16(13)20-15-8-6-12(21-4-2)10-14(15)17/h5-10H,3-4,18H2,1-2H3,(H,19,20). The molecule has 0 spiro atoms. The Morgan fingerprint density at radius 1 is 1.05 bits per heavy atom. The van der Waals surface area contributed by atoms with E-state index in [2.05, 4.69) is 12.2 Å². The van der Waals surface area contributed by atoms with Crippen LogP contribution in [0.2, 0.25) is 0 Å². The second-order valence-electron chi connectivity index (χ2n) is 4.91. The van der Waals surface area contributed by atoms with Gasteiger partial charge in [0.1, 0.15) is 5.75 Å². The molecular weight excluding hydrogens is 262 g/mol. The Balaban J connectivity index is 2.33. The van der Waals surface area contributed by atoms with Crippen LogP contribution in [0, 0.1) is 0 Å². The molecule has 108 valence electrons. The third-order valence-electron chi connectivity index (χ3n) is 3.43. The van der Waals surface area contributed by atoms with Crippen molar-refractivity contribution in [3.63, 3.8) is 0 Å². The molecule has 0 amide bonds. The molecule has 4 nitrogen and oxygen atoms in total. The van der Waals surface area contributed by atoms with Crippen LogP contribution in [-0.4, -0.2) is 18.1 Å². The molecule has 4 heteroatoms. The van der Waals surface area contributed by atoms with E-state index in [4.69, 9.17) is 15.5 Å². The number of pyridine rings is 1. The van der Waals surface area contributed by atoms with Gasteiger partial charge in [-0.2, -0.15) is 0 Å². The average molecular weight is 281 g/mol. The van der Waals surface area contributed by atoms with Gasteiger partial charge in [0.2, 0.25) is 0 Å². The number of nitrogens with two attached hydrogens (primary N) is 1. The number of hydrogen-bond donors (Lipinski definition) is 2. The van der Waals surface area contributed by atoms with E-state index in [9.17, 15) is 0 Å². The van der Waals surface area contributed by atoms with Crippen molar-refractivity contribution in [1.82, 2.24) is 4.98 Å². The van der Waals surface area contributed by atoms with Gasteiger partial charge in [-0.3, -0.25) is 0 Å². The maximum Gasteiger partial charge on any atom is 0.120 e. The fourth-order valence-corrected chi connectivity index (χ4v) is 2.56. The average Bonchev–Trinajstić information content (AvgIpc) is 2.47. The number of ether oxygens (including phenoxy) is 1. The summed E-state index contributed by atoms with van der Waals surface area (Å²) in [5, 5.41) is 5.59. The Labute approximate surface area is 123 Å². The summed E-state index contributed by atoms with van der Waals surface area (Å²) in [5.74, 6) is 0.862. The van der Waals surface area contributed by atoms with Crippen molar-refractivity contribution in [2.75, 3.05) is 24.2 Å². The maximum absolute atomic E-state index is 5.88. The number of rotatable bonds is 4. The smallest absolute Gasteiger partial charge is 0.120 e. The number of benzene rings is 2. The van der Waals surface area contributed by atoms with E-state index in [-0.39, 0.29) is 0 Å². The molecule has 0 aliphatic carbocycles. The van der Waals surface area contributed by atoms with Crippen LogP contribution in [0.15, 0.2) is 36.4 Å². The normalized spacial score (nSPS) is 11.0. The summed E-state index contributed by atoms with van der Waals surface area (Å²) < 4.78 is 5.60. The van der Waals surface area contributed by atoms with Gasteiger partial charge in [0, 0.05) is 23.0 Å². The predicted octanol–water partition coefficient (Wildman–Crippen LogP) is 3.80. The van der Waals surface area contributed by atoms with E-state index < -0.39 is 0 Å². The summed E-state index contributed by atoms with van der Waals surface area (Å²) >= 11 is 0. The molecule has 1 heterocycles. The van der Waals surface area contributed by atoms with Crippen LogP contribution in [0.3, 0.4) is 0 Å². The molecule has 0 fully saturated rings. The van der Waals surface area contributed by atoms with Crippen LogP contribution in [0.25, 0.3) is 21.8 Å². The minimum absolute atomic E-state index is 0.652. The molecule has 3 aromatic rings. The largest absolute Gasteiger partial charge is 0.494 e. The molecule has 0 unspecified atom stereocenters. The topological polar surface area (TPSA) is 60.2 Å². The molecule has 0 saturated heterocycles. The van der Waals surface area contributed by atoms with Gasteiger partial charge in [0.25, 0.3) is 0 Å². The predicted molar refractivity (Wildman–Crippen MR) is 89.0 cm³/mol. The zero-order valence-electron chi connectivity index (χ0n) is 12.3. The molecule has 0 atom stereocenters. The molecule has 1 aromatic heterocycles. The molecular formula is C17H19N3O. The summed E-state index contributed by atoms with van der Waals surface area (Å²) in [6, 6.07) is 11.8. The highest BCUT2D eigenvalue weighted by atomic mass is 16.5. The van der Waals surface area contributed by atoms with Crippen LogP contribution in [0.4, 0.5) is 11.4 Å². The fourth-order valence-electron chi connectivity index (χ4n) is 2.56. The van der Waals surface area contributed by atoms with Gasteiger partial charge in [-0.1, -0.05) is 0 Å². The molecule has 0 saturated carbocycles. The highest BCUT2D eigenvalue weighted by molar-refractivity contribution is 6.08. The lowest BCUT2D eigenvalue weighted by atomic mass is 10.1. The van der Waals surface area contributed by atoms with Gasteiger partial charge in [-0.25, -0.2) is 4.98 Å². The van der Waals surface area contributed by atoms with Crippen molar-refractivity contribution in [1.29, 1.82) is 0 Å². The number of nitrogen functional groups attached to an aromatic ring is 1. The van der Waals surface area contributed by atoms with Gasteiger partial charge >= 0.3 is 0 Å². The molecule has 0 aliphatic rings. The van der Waals surface area contributed by atoms with Crippen LogP contribution >= 0.6 is 0 Å². The van der Waals surface area contributed by atoms with Crippen LogP contribution < -0.4 is 15.8 Å². The minimum atomic E-state index is 0.652. The number of hydrogen-bond acceptors (Lipinski definition) is 4. The van der Waals surface area contributed by atoms with Crippen LogP contribution in [0.5, 0.6) is 5.75 Å². The lowest BCUT2D eigenvalue weighted by Crippen LogP contribution is -2.00. The van der Waals surface area contributed by atoms with Gasteiger partial charge in [0.05, 0.1) is 23.3 Å². The zero-order valence-corrected chi connectivity index (χ0v) is 12.3. The summed E-state index contributed by atoms with van der Waals surface area (Å²) in [7, 11) is 0. The minimum Gasteiger partial charge on any atom is -0.494 e. The quantitative estimate of drug-likeness (QED) is 0.564. The first kappa shape index (κ1) is 13.5. The molecule has 2 aromatic carbocycles. The van der Waals surface area contributed by atoms with Crippen LogP contribution in [0.1, 0.15) is 13.8 Å². The Kier molecular flexibility index (Phi) is 3.52. The number of fused-ring (bicyclic) bond motifs is 2. The highest BCUT2D eigenvalue weighted by Gasteiger charge is 2.10. The molecule has 0 radical (unpaired) electrons. The van der Waals surface area contributed by atoms with Crippen molar-refractivity contribution in [2.45, 2.75) is 13.8 Å². The van der Waals surface area contributed by atoms with E-state index in [0.29, 0.717) is 6.61 Å². The summed E-state index contributed by atoms with van der Waals surface area (Å²) in [5.41, 5.74) is 9.53. The number of nitrogens with one attached hydrogen (secondary N) is 1. The van der Waals surface area contributed by atoms with Crippen molar-refractivity contribution in [3.05, 3.63) is 36.4 Å². The summed E-state index contributed by atoms with van der Waals surface area (Å²) in [6.45, 7) is 5.57. The van der Waals surface area contributed by atoms with Crippen molar-refractivity contribution in [2.24, 2.45) is 0 Å². The maximum atomic E-state index is 5.88. The van der Waals surface area contributed by atoms with E-state index >= 15 is 0 Å². The van der Waals surface area contributed by atoms with E-state index in [1.807, 2.05) is 43.3 Å². The SMILES string of the molecule is CCNc1c2ccc(N)cc2nc2ccc(OCC)cc12. The van der Waals surface area contributed by atoms with Gasteiger partial charge in [0.15, 0.2) is 0 Å². The zero-order chi connectivity index (χ0) is 14.8. The first-order valence-corrected chi connectivity index (χ1v) is 7.22. The molecule has 3 N–H and O–H groups in total. The van der Waals surface area contributed by atoms with Crippen molar-refractivity contribution >= 4 is 33.2 Å². The monoisotopic (exact) mass is 281 g/mol. The first-order chi connectivity index (χ1) is 10.2. The molecule has 21 heavy (non-hydrogen) atoms. The second kappa shape index (κ2) is 5.48. The summed E-state index contributed by atoms with van der Waals surface area (Å²) in [4.78, 5) is 4.71. The highest BCUT2D eigenvalue weighted by Crippen LogP contribution is 2.33. The van der Waals surface area contributed by atoms with E-state index in [0.717, 1.165) is 45.5 Å². The lowest BCUT2D eigenvalue weighted by molar-refractivity contribution is 0.341. The van der Waals surface area contributed by atoms with Gasteiger partial charge < -0.3 is 15.8 Å². The summed E-state index contributed by atoms with van der Waals surface area (Å²) in [6.07, 6.45) is 0. The second-order valence-corrected chi connectivity index (χ2v) is 4.91. The molecule has 3 rings (SSSR count). The number of nitrogens with zero attached hydrogens (tertiary/aromatic N) is 1. The number of anilines is 2. The van der Waals surface area contributed by atoms with E-state index in [1.165, 1.54) is 0 Å². The third-order valence-corrected chi connectivity index (χ3v) is 3.43. The Bertz CT molecular complexity index is 799. The lowest BCUT2D eigenvalue weighted by Gasteiger charge is -2.13. The third kappa shape index (κ3) is 2.44. The molecule has 0 aliphatic heterocycles. The fraction of sp³-hybridized carbons (Fsp3) is 0.235. The van der Waals surface area contributed by atoms with E-state index in [1.54, 1.807) is 0 Å². The number of aromatic nitrogens is 1. The Hall–Kier alpha value is -2.49. The molecule has 0 bridgehead atoms. The Morgan fingerprint density at radius 3 is 2.67 bits per heavy atom.